The second kappa shape index (κ2) is 4.56. The number of aromatic amines is 1. The molecule has 3 aromatic rings. The molecule has 2 heterocycles. The molecule has 0 aliphatic rings. The maximum atomic E-state index is 12.9. The number of aliphatic hydroxyl groups excluding tert-OH is 1. The van der Waals surface area contributed by atoms with Gasteiger partial charge in [0.1, 0.15) is 23.1 Å². The van der Waals surface area contributed by atoms with Crippen LogP contribution in [0.25, 0.3) is 21.3 Å². The standard InChI is InChI=1S/C13H9FN2O2S/c14-8-3-1-7(2-4-8)9-6-19-13-11(9)12(18)15-10(5-17)16-13/h1-4,6,17H,5H2,(H,15,16,18). The predicted molar refractivity (Wildman–Crippen MR) is 71.6 cm³/mol. The summed E-state index contributed by atoms with van der Waals surface area (Å²) in [6, 6.07) is 5.94. The lowest BCUT2D eigenvalue weighted by Gasteiger charge is -2.00. The van der Waals surface area contributed by atoms with Crippen molar-refractivity contribution >= 4 is 21.6 Å². The van der Waals surface area contributed by atoms with E-state index in [2.05, 4.69) is 9.97 Å². The van der Waals surface area contributed by atoms with Crippen molar-refractivity contribution in [3.8, 4) is 11.1 Å². The molecule has 19 heavy (non-hydrogen) atoms. The topological polar surface area (TPSA) is 66.0 Å². The Bertz CT molecular complexity index is 793. The van der Waals surface area contributed by atoms with Gasteiger partial charge in [-0.1, -0.05) is 12.1 Å². The summed E-state index contributed by atoms with van der Waals surface area (Å²) in [7, 11) is 0. The number of thiophene rings is 1. The van der Waals surface area contributed by atoms with E-state index in [1.807, 2.05) is 0 Å². The summed E-state index contributed by atoms with van der Waals surface area (Å²) in [6.45, 7) is -0.311. The van der Waals surface area contributed by atoms with Gasteiger partial charge in [-0.25, -0.2) is 9.37 Å². The van der Waals surface area contributed by atoms with Crippen LogP contribution in [0, 0.1) is 5.82 Å². The maximum absolute atomic E-state index is 12.9. The lowest BCUT2D eigenvalue weighted by atomic mass is 10.1. The maximum Gasteiger partial charge on any atom is 0.260 e. The molecular weight excluding hydrogens is 267 g/mol. The van der Waals surface area contributed by atoms with Crippen LogP contribution in [0.15, 0.2) is 34.4 Å². The molecule has 96 valence electrons. The zero-order chi connectivity index (χ0) is 13.4. The van der Waals surface area contributed by atoms with Crippen molar-refractivity contribution in [2.24, 2.45) is 0 Å². The Morgan fingerprint density at radius 2 is 2.05 bits per heavy atom. The van der Waals surface area contributed by atoms with Crippen molar-refractivity contribution in [2.45, 2.75) is 6.61 Å². The number of halogens is 1. The average Bonchev–Trinajstić information content (AvgIpc) is 2.84. The van der Waals surface area contributed by atoms with Crippen molar-refractivity contribution in [2.75, 3.05) is 0 Å². The lowest BCUT2D eigenvalue weighted by molar-refractivity contribution is 0.271. The molecule has 4 nitrogen and oxygen atoms in total. The minimum atomic E-state index is -0.321. The fraction of sp³-hybridized carbons (Fsp3) is 0.0769. The second-order valence-electron chi connectivity index (χ2n) is 4.01. The van der Waals surface area contributed by atoms with E-state index < -0.39 is 0 Å². The summed E-state index contributed by atoms with van der Waals surface area (Å²) >= 11 is 1.32. The Morgan fingerprint density at radius 1 is 1.32 bits per heavy atom. The summed E-state index contributed by atoms with van der Waals surface area (Å²) in [5, 5.41) is 11.3. The van der Waals surface area contributed by atoms with Crippen LogP contribution in [-0.2, 0) is 6.61 Å². The van der Waals surface area contributed by atoms with Crippen LogP contribution in [0.2, 0.25) is 0 Å². The van der Waals surface area contributed by atoms with Crippen LogP contribution in [-0.4, -0.2) is 15.1 Å². The lowest BCUT2D eigenvalue weighted by Crippen LogP contribution is -2.11. The Hall–Kier alpha value is -2.05. The number of benzene rings is 1. The third kappa shape index (κ3) is 2.05. The van der Waals surface area contributed by atoms with Crippen molar-refractivity contribution in [3.63, 3.8) is 0 Å². The molecule has 2 aromatic heterocycles. The first-order valence-electron chi connectivity index (χ1n) is 5.56. The molecule has 0 amide bonds. The third-order valence-corrected chi connectivity index (χ3v) is 3.67. The number of aromatic nitrogens is 2. The van der Waals surface area contributed by atoms with Crippen LogP contribution in [0.4, 0.5) is 4.39 Å². The van der Waals surface area contributed by atoms with Crippen molar-refractivity contribution in [3.05, 3.63) is 51.6 Å². The number of aliphatic hydroxyl groups is 1. The number of hydrogen-bond donors (Lipinski definition) is 2. The van der Waals surface area contributed by atoms with E-state index in [4.69, 9.17) is 5.11 Å². The Balaban J connectivity index is 2.26. The summed E-state index contributed by atoms with van der Waals surface area (Å²) < 4.78 is 12.9. The van der Waals surface area contributed by atoms with Gasteiger partial charge < -0.3 is 10.1 Å². The first-order valence-corrected chi connectivity index (χ1v) is 6.44. The van der Waals surface area contributed by atoms with Gasteiger partial charge in [-0.05, 0) is 17.7 Å². The normalized spacial score (nSPS) is 11.1. The fourth-order valence-electron chi connectivity index (χ4n) is 1.91. The number of H-pyrrole nitrogens is 1. The minimum Gasteiger partial charge on any atom is -0.388 e. The van der Waals surface area contributed by atoms with E-state index in [0.717, 1.165) is 11.1 Å². The molecule has 1 aromatic carbocycles. The van der Waals surface area contributed by atoms with Gasteiger partial charge in [0.15, 0.2) is 0 Å². The molecule has 0 radical (unpaired) electrons. The molecular formula is C13H9FN2O2S. The highest BCUT2D eigenvalue weighted by atomic mass is 32.1. The molecule has 0 saturated heterocycles. The first kappa shape index (κ1) is 12.0. The van der Waals surface area contributed by atoms with E-state index in [-0.39, 0.29) is 23.8 Å². The number of fused-ring (bicyclic) bond motifs is 1. The first-order chi connectivity index (χ1) is 9.19. The van der Waals surface area contributed by atoms with E-state index in [1.165, 1.54) is 23.5 Å². The van der Waals surface area contributed by atoms with Crippen molar-refractivity contribution in [1.82, 2.24) is 9.97 Å². The van der Waals surface area contributed by atoms with Gasteiger partial charge in [0.05, 0.1) is 5.39 Å². The Kier molecular flexibility index (Phi) is 2.88. The second-order valence-corrected chi connectivity index (χ2v) is 4.87. The van der Waals surface area contributed by atoms with Crippen LogP contribution >= 0.6 is 11.3 Å². The van der Waals surface area contributed by atoms with Crippen LogP contribution in [0.5, 0.6) is 0 Å². The summed E-state index contributed by atoms with van der Waals surface area (Å²) in [4.78, 5) is 19.2. The van der Waals surface area contributed by atoms with E-state index in [0.29, 0.717) is 10.2 Å². The molecule has 0 bridgehead atoms. The molecule has 0 aliphatic heterocycles. The number of nitrogens with zero attached hydrogens (tertiary/aromatic N) is 1. The molecule has 6 heteroatoms. The molecule has 0 spiro atoms. The monoisotopic (exact) mass is 276 g/mol. The highest BCUT2D eigenvalue weighted by Gasteiger charge is 2.12. The van der Waals surface area contributed by atoms with Crippen LogP contribution in [0.3, 0.4) is 0 Å². The largest absolute Gasteiger partial charge is 0.388 e. The number of rotatable bonds is 2. The van der Waals surface area contributed by atoms with Gasteiger partial charge in [0.2, 0.25) is 0 Å². The van der Waals surface area contributed by atoms with Gasteiger partial charge in [0, 0.05) is 10.9 Å². The van der Waals surface area contributed by atoms with E-state index in [1.54, 1.807) is 17.5 Å². The SMILES string of the molecule is O=c1[nH]c(CO)nc2scc(-c3ccc(F)cc3)c12. The summed E-state index contributed by atoms with van der Waals surface area (Å²) in [5.41, 5.74) is 1.18. The number of nitrogens with one attached hydrogen (secondary N) is 1. The summed E-state index contributed by atoms with van der Waals surface area (Å²) in [6.07, 6.45) is 0. The van der Waals surface area contributed by atoms with Gasteiger partial charge in [-0.2, -0.15) is 0 Å². The van der Waals surface area contributed by atoms with Gasteiger partial charge in [0.25, 0.3) is 5.56 Å². The predicted octanol–water partition coefficient (Wildman–Crippen LogP) is 2.28. The quantitative estimate of drug-likeness (QED) is 0.754. The zero-order valence-corrected chi connectivity index (χ0v) is 10.5. The van der Waals surface area contributed by atoms with Gasteiger partial charge in [-0.3, -0.25) is 4.79 Å². The van der Waals surface area contributed by atoms with Crippen molar-refractivity contribution < 1.29 is 9.50 Å². The average molecular weight is 276 g/mol. The van der Waals surface area contributed by atoms with Crippen LogP contribution in [0.1, 0.15) is 5.82 Å². The zero-order valence-electron chi connectivity index (χ0n) is 9.68. The van der Waals surface area contributed by atoms with Crippen molar-refractivity contribution in [1.29, 1.82) is 0 Å². The molecule has 0 aliphatic carbocycles. The van der Waals surface area contributed by atoms with E-state index in [9.17, 15) is 9.18 Å². The molecule has 0 atom stereocenters. The fourth-order valence-corrected chi connectivity index (χ4v) is 2.88. The van der Waals surface area contributed by atoms with Gasteiger partial charge >= 0.3 is 0 Å². The summed E-state index contributed by atoms with van der Waals surface area (Å²) in [5.74, 6) is -0.0807. The third-order valence-electron chi connectivity index (χ3n) is 2.80. The highest BCUT2D eigenvalue weighted by Crippen LogP contribution is 2.30. The molecule has 0 unspecified atom stereocenters. The molecule has 3 rings (SSSR count). The Morgan fingerprint density at radius 3 is 2.74 bits per heavy atom. The molecule has 0 saturated carbocycles. The Labute approximate surface area is 111 Å². The number of hydrogen-bond acceptors (Lipinski definition) is 4. The smallest absolute Gasteiger partial charge is 0.260 e. The minimum absolute atomic E-state index is 0.241. The highest BCUT2D eigenvalue weighted by molar-refractivity contribution is 7.17. The van der Waals surface area contributed by atoms with E-state index >= 15 is 0 Å². The van der Waals surface area contributed by atoms with Crippen LogP contribution < -0.4 is 5.56 Å². The van der Waals surface area contributed by atoms with Gasteiger partial charge in [-0.15, -0.1) is 11.3 Å². The molecule has 2 N–H and O–H groups in total. The molecule has 0 fully saturated rings.